The van der Waals surface area contributed by atoms with Crippen LogP contribution in [0.15, 0.2) is 42.5 Å². The van der Waals surface area contributed by atoms with E-state index < -0.39 is 6.09 Å². The molecule has 29 heavy (non-hydrogen) atoms. The molecule has 0 aromatic heterocycles. The van der Waals surface area contributed by atoms with E-state index in [2.05, 4.69) is 10.2 Å². The molecule has 4 rings (SSSR count). The maximum Gasteiger partial charge on any atom is 0.407 e. The van der Waals surface area contributed by atoms with Crippen LogP contribution in [0.3, 0.4) is 0 Å². The molecule has 1 saturated heterocycles. The highest BCUT2D eigenvalue weighted by Gasteiger charge is 2.30. The first-order chi connectivity index (χ1) is 14.1. The number of benzene rings is 2. The van der Waals surface area contributed by atoms with Gasteiger partial charge in [-0.1, -0.05) is 0 Å². The van der Waals surface area contributed by atoms with Gasteiger partial charge in [-0.05, 0) is 42.5 Å². The molecule has 1 atom stereocenters. The summed E-state index contributed by atoms with van der Waals surface area (Å²) in [6, 6.07) is 12.6. The molecule has 8 heteroatoms. The van der Waals surface area contributed by atoms with E-state index in [1.165, 1.54) is 24.1 Å². The van der Waals surface area contributed by atoms with Crippen LogP contribution in [0.4, 0.5) is 14.9 Å². The number of quaternary nitrogens is 1. The van der Waals surface area contributed by atoms with E-state index in [1.807, 2.05) is 30.3 Å². The molecule has 0 bridgehead atoms. The minimum Gasteiger partial charge on any atom is -0.454 e. The van der Waals surface area contributed by atoms with Crippen LogP contribution in [0.25, 0.3) is 0 Å². The average molecular weight is 402 g/mol. The largest absolute Gasteiger partial charge is 0.454 e. The van der Waals surface area contributed by atoms with Crippen molar-refractivity contribution in [3.63, 3.8) is 0 Å². The van der Waals surface area contributed by atoms with Crippen molar-refractivity contribution in [3.05, 3.63) is 53.8 Å². The average Bonchev–Trinajstić information content (AvgIpc) is 3.23. The maximum atomic E-state index is 13.2. The summed E-state index contributed by atoms with van der Waals surface area (Å²) in [6.07, 6.45) is -0.444. The van der Waals surface area contributed by atoms with Gasteiger partial charge in [0.1, 0.15) is 11.9 Å². The molecule has 2 heterocycles. The highest BCUT2D eigenvalue weighted by Crippen LogP contribution is 2.33. The van der Waals surface area contributed by atoms with Crippen molar-refractivity contribution in [1.29, 1.82) is 0 Å². The normalized spacial score (nSPS) is 17.1. The molecule has 1 fully saturated rings. The van der Waals surface area contributed by atoms with Gasteiger partial charge >= 0.3 is 6.09 Å². The quantitative estimate of drug-likeness (QED) is 0.791. The molecule has 0 aliphatic carbocycles. The Morgan fingerprint density at radius 2 is 1.90 bits per heavy atom. The SMILES string of the molecule is COC(=O)NC[C@H](c1ccc2c(c1)OCO2)[NH+]1CCN(c2ccc(F)cc2)CC1. The summed E-state index contributed by atoms with van der Waals surface area (Å²) >= 11 is 0. The fourth-order valence-corrected chi connectivity index (χ4v) is 3.94. The van der Waals surface area contributed by atoms with Crippen LogP contribution < -0.4 is 24.6 Å². The van der Waals surface area contributed by atoms with Crippen molar-refractivity contribution in [2.75, 3.05) is 51.5 Å². The molecule has 7 nitrogen and oxygen atoms in total. The Morgan fingerprint density at radius 1 is 1.17 bits per heavy atom. The van der Waals surface area contributed by atoms with E-state index in [1.54, 1.807) is 0 Å². The number of halogens is 1. The fraction of sp³-hybridized carbons (Fsp3) is 0.381. The topological polar surface area (TPSA) is 64.5 Å². The van der Waals surface area contributed by atoms with Crippen molar-refractivity contribution in [3.8, 4) is 11.5 Å². The van der Waals surface area contributed by atoms with Gasteiger partial charge in [0.2, 0.25) is 6.79 Å². The highest BCUT2D eigenvalue weighted by atomic mass is 19.1. The molecule has 0 radical (unpaired) electrons. The summed E-state index contributed by atoms with van der Waals surface area (Å²) in [5, 5.41) is 2.84. The Hall–Kier alpha value is -3.00. The predicted molar refractivity (Wildman–Crippen MR) is 105 cm³/mol. The van der Waals surface area contributed by atoms with Gasteiger partial charge in [-0.3, -0.25) is 0 Å². The third-order valence-electron chi connectivity index (χ3n) is 5.53. The molecule has 2 aromatic rings. The second-order valence-electron chi connectivity index (χ2n) is 7.16. The van der Waals surface area contributed by atoms with E-state index in [4.69, 9.17) is 14.2 Å². The Labute approximate surface area is 168 Å². The number of carbonyl (C=O) groups is 1. The van der Waals surface area contributed by atoms with Crippen molar-refractivity contribution in [2.45, 2.75) is 6.04 Å². The lowest BCUT2D eigenvalue weighted by atomic mass is 10.0. The van der Waals surface area contributed by atoms with Crippen molar-refractivity contribution in [1.82, 2.24) is 5.32 Å². The van der Waals surface area contributed by atoms with Gasteiger partial charge in [-0.25, -0.2) is 9.18 Å². The zero-order chi connectivity index (χ0) is 20.2. The number of nitrogens with zero attached hydrogens (tertiary/aromatic N) is 1. The summed E-state index contributed by atoms with van der Waals surface area (Å²) in [5.41, 5.74) is 2.11. The summed E-state index contributed by atoms with van der Waals surface area (Å²) in [4.78, 5) is 15.3. The molecule has 154 valence electrons. The minimum atomic E-state index is -0.444. The van der Waals surface area contributed by atoms with Crippen LogP contribution in [-0.4, -0.2) is 52.7 Å². The fourth-order valence-electron chi connectivity index (χ4n) is 3.94. The summed E-state index contributed by atoms with van der Waals surface area (Å²) in [5.74, 6) is 1.24. The number of hydrogen-bond acceptors (Lipinski definition) is 5. The Kier molecular flexibility index (Phi) is 5.71. The third kappa shape index (κ3) is 4.37. The van der Waals surface area contributed by atoms with Crippen molar-refractivity contribution < 1.29 is 28.3 Å². The van der Waals surface area contributed by atoms with E-state index in [0.29, 0.717) is 6.54 Å². The molecular formula is C21H25FN3O4+. The van der Waals surface area contributed by atoms with Crippen LogP contribution in [0, 0.1) is 5.82 Å². The van der Waals surface area contributed by atoms with Gasteiger partial charge in [0.05, 0.1) is 39.8 Å². The van der Waals surface area contributed by atoms with Crippen LogP contribution in [-0.2, 0) is 4.74 Å². The second-order valence-corrected chi connectivity index (χ2v) is 7.16. The zero-order valence-corrected chi connectivity index (χ0v) is 16.3. The summed E-state index contributed by atoms with van der Waals surface area (Å²) < 4.78 is 28.9. The van der Waals surface area contributed by atoms with Crippen LogP contribution in [0.1, 0.15) is 11.6 Å². The lowest BCUT2D eigenvalue weighted by Crippen LogP contribution is -3.15. The predicted octanol–water partition coefficient (Wildman–Crippen LogP) is 1.36. The first-order valence-corrected chi connectivity index (χ1v) is 9.70. The standard InChI is InChI=1S/C21H24FN3O4/c1-27-21(26)23-13-18(15-2-7-19-20(12-15)29-14-28-19)25-10-8-24(9-11-25)17-5-3-16(22)4-6-17/h2-7,12,18H,8-11,13-14H2,1H3,(H,23,26)/p+1/t18-/m1/s1. The zero-order valence-electron chi connectivity index (χ0n) is 16.3. The van der Waals surface area contributed by atoms with Crippen molar-refractivity contribution in [2.24, 2.45) is 0 Å². The third-order valence-corrected chi connectivity index (χ3v) is 5.53. The number of rotatable bonds is 5. The Balaban J connectivity index is 1.48. The molecule has 0 unspecified atom stereocenters. The number of fused-ring (bicyclic) bond motifs is 1. The molecule has 2 N–H and O–H groups in total. The Morgan fingerprint density at radius 3 is 2.62 bits per heavy atom. The molecular weight excluding hydrogens is 377 g/mol. The monoisotopic (exact) mass is 402 g/mol. The maximum absolute atomic E-state index is 13.2. The van der Waals surface area contributed by atoms with E-state index in [0.717, 1.165) is 48.9 Å². The van der Waals surface area contributed by atoms with Gasteiger partial charge in [0.15, 0.2) is 11.5 Å². The second kappa shape index (κ2) is 8.57. The lowest BCUT2D eigenvalue weighted by Gasteiger charge is -2.37. The molecule has 1 amide bonds. The van der Waals surface area contributed by atoms with Crippen LogP contribution in [0.5, 0.6) is 11.5 Å². The molecule has 2 aromatic carbocycles. The highest BCUT2D eigenvalue weighted by molar-refractivity contribution is 5.66. The summed E-state index contributed by atoms with van der Waals surface area (Å²) in [6.45, 7) is 4.16. The van der Waals surface area contributed by atoms with Gasteiger partial charge in [0.25, 0.3) is 0 Å². The molecule has 2 aliphatic rings. The lowest BCUT2D eigenvalue weighted by molar-refractivity contribution is -0.931. The molecule has 2 aliphatic heterocycles. The van der Waals surface area contributed by atoms with E-state index >= 15 is 0 Å². The number of nitrogens with one attached hydrogen (secondary N) is 2. The number of hydrogen-bond donors (Lipinski definition) is 2. The number of methoxy groups -OCH3 is 1. The smallest absolute Gasteiger partial charge is 0.407 e. The van der Waals surface area contributed by atoms with Gasteiger partial charge in [-0.2, -0.15) is 0 Å². The van der Waals surface area contributed by atoms with Gasteiger partial charge in [0, 0.05) is 11.3 Å². The van der Waals surface area contributed by atoms with Crippen LogP contribution >= 0.6 is 0 Å². The first-order valence-electron chi connectivity index (χ1n) is 9.70. The van der Waals surface area contributed by atoms with E-state index in [9.17, 15) is 9.18 Å². The number of amides is 1. The number of anilines is 1. The first kappa shape index (κ1) is 19.3. The number of piperazine rings is 1. The van der Waals surface area contributed by atoms with Gasteiger partial charge < -0.3 is 29.3 Å². The van der Waals surface area contributed by atoms with Crippen LogP contribution in [0.2, 0.25) is 0 Å². The summed E-state index contributed by atoms with van der Waals surface area (Å²) in [7, 11) is 1.36. The molecule has 0 spiro atoms. The van der Waals surface area contributed by atoms with Gasteiger partial charge in [-0.15, -0.1) is 0 Å². The number of alkyl carbamates (subject to hydrolysis) is 1. The number of ether oxygens (including phenoxy) is 3. The molecule has 0 saturated carbocycles. The minimum absolute atomic E-state index is 0.0546. The number of carbonyl (C=O) groups excluding carboxylic acids is 1. The van der Waals surface area contributed by atoms with Crippen molar-refractivity contribution >= 4 is 11.8 Å². The Bertz CT molecular complexity index is 854. The van der Waals surface area contributed by atoms with E-state index in [-0.39, 0.29) is 18.7 Å².